The molecule has 0 aromatic heterocycles. The summed E-state index contributed by atoms with van der Waals surface area (Å²) < 4.78 is 0. The standard InChI is InChI=1S/C22H29N3O.ClH/c1-3-24(16-18-7-5-4-6-8-18)21-11-9-20(10-12-21)22(26)25-14-13-19(17-25)15-23-2;/h4-12,19,23H,3,13-17H2,1-2H3;1H. The first kappa shape index (κ1) is 21.3. The molecule has 3 rings (SSSR count). The molecule has 1 aliphatic heterocycles. The predicted octanol–water partition coefficient (Wildman–Crippen LogP) is 3.82. The van der Waals surface area contributed by atoms with Crippen LogP contribution in [0, 0.1) is 5.92 Å². The predicted molar refractivity (Wildman–Crippen MR) is 115 cm³/mol. The van der Waals surface area contributed by atoms with E-state index in [9.17, 15) is 4.79 Å². The number of hydrogen-bond donors (Lipinski definition) is 1. The van der Waals surface area contributed by atoms with E-state index in [2.05, 4.69) is 53.5 Å². The summed E-state index contributed by atoms with van der Waals surface area (Å²) in [5.74, 6) is 0.728. The van der Waals surface area contributed by atoms with Crippen molar-refractivity contribution in [1.82, 2.24) is 10.2 Å². The fraction of sp³-hybridized carbons (Fsp3) is 0.409. The third-order valence-electron chi connectivity index (χ3n) is 5.14. The highest BCUT2D eigenvalue weighted by atomic mass is 35.5. The third kappa shape index (κ3) is 5.47. The lowest BCUT2D eigenvalue weighted by Gasteiger charge is -2.24. The van der Waals surface area contributed by atoms with Gasteiger partial charge in [0.1, 0.15) is 0 Å². The van der Waals surface area contributed by atoms with Crippen LogP contribution in [0.2, 0.25) is 0 Å². The van der Waals surface area contributed by atoms with Gasteiger partial charge in [0.05, 0.1) is 0 Å². The van der Waals surface area contributed by atoms with Gasteiger partial charge in [-0.3, -0.25) is 4.79 Å². The van der Waals surface area contributed by atoms with E-state index in [0.29, 0.717) is 5.92 Å². The number of amides is 1. The molecule has 1 unspecified atom stereocenters. The van der Waals surface area contributed by atoms with E-state index in [4.69, 9.17) is 0 Å². The largest absolute Gasteiger partial charge is 0.367 e. The molecule has 0 radical (unpaired) electrons. The quantitative estimate of drug-likeness (QED) is 0.784. The molecular formula is C22H30ClN3O. The fourth-order valence-electron chi connectivity index (χ4n) is 3.66. The van der Waals surface area contributed by atoms with Gasteiger partial charge >= 0.3 is 0 Å². The zero-order valence-electron chi connectivity index (χ0n) is 16.2. The van der Waals surface area contributed by atoms with Crippen molar-refractivity contribution in [2.45, 2.75) is 19.9 Å². The lowest BCUT2D eigenvalue weighted by Crippen LogP contribution is -2.30. The van der Waals surface area contributed by atoms with Gasteiger partial charge in [-0.25, -0.2) is 0 Å². The molecule has 0 spiro atoms. The van der Waals surface area contributed by atoms with Gasteiger partial charge in [-0.2, -0.15) is 0 Å². The Balaban J connectivity index is 0.00000261. The summed E-state index contributed by atoms with van der Waals surface area (Å²) >= 11 is 0. The summed E-state index contributed by atoms with van der Waals surface area (Å²) in [5, 5.41) is 3.21. The Labute approximate surface area is 169 Å². The minimum absolute atomic E-state index is 0. The van der Waals surface area contributed by atoms with E-state index < -0.39 is 0 Å². The van der Waals surface area contributed by atoms with Gasteiger partial charge in [0.25, 0.3) is 5.91 Å². The van der Waals surface area contributed by atoms with E-state index in [1.165, 1.54) is 5.56 Å². The number of halogens is 1. The number of hydrogen-bond acceptors (Lipinski definition) is 3. The molecule has 0 bridgehead atoms. The summed E-state index contributed by atoms with van der Waals surface area (Å²) in [5.41, 5.74) is 3.24. The molecule has 1 aliphatic rings. The molecule has 1 heterocycles. The third-order valence-corrected chi connectivity index (χ3v) is 5.14. The first-order valence-corrected chi connectivity index (χ1v) is 9.54. The zero-order valence-corrected chi connectivity index (χ0v) is 17.0. The number of anilines is 1. The van der Waals surface area contributed by atoms with Crippen molar-refractivity contribution in [3.05, 3.63) is 65.7 Å². The lowest BCUT2D eigenvalue weighted by molar-refractivity contribution is 0.0787. The van der Waals surface area contributed by atoms with Gasteiger partial charge in [0.2, 0.25) is 0 Å². The van der Waals surface area contributed by atoms with Crippen LogP contribution in [0.3, 0.4) is 0 Å². The van der Waals surface area contributed by atoms with Crippen LogP contribution in [-0.2, 0) is 6.54 Å². The summed E-state index contributed by atoms with van der Waals surface area (Å²) in [4.78, 5) is 17.0. The second kappa shape index (κ2) is 10.3. The average Bonchev–Trinajstić information content (AvgIpc) is 3.15. The monoisotopic (exact) mass is 387 g/mol. The van der Waals surface area contributed by atoms with Crippen LogP contribution >= 0.6 is 12.4 Å². The average molecular weight is 388 g/mol. The molecule has 0 saturated carbocycles. The first-order valence-electron chi connectivity index (χ1n) is 9.54. The fourth-order valence-corrected chi connectivity index (χ4v) is 3.66. The molecule has 1 N–H and O–H groups in total. The maximum Gasteiger partial charge on any atom is 0.253 e. The Morgan fingerprint density at radius 2 is 1.85 bits per heavy atom. The smallest absolute Gasteiger partial charge is 0.253 e. The van der Waals surface area contributed by atoms with Crippen LogP contribution in [0.5, 0.6) is 0 Å². The maximum atomic E-state index is 12.7. The zero-order chi connectivity index (χ0) is 18.4. The molecule has 146 valence electrons. The molecule has 2 aromatic rings. The van der Waals surface area contributed by atoms with Crippen molar-refractivity contribution < 1.29 is 4.79 Å². The van der Waals surface area contributed by atoms with Crippen LogP contribution in [0.4, 0.5) is 5.69 Å². The number of carbonyl (C=O) groups excluding carboxylic acids is 1. The number of nitrogens with zero attached hydrogens (tertiary/aromatic N) is 2. The van der Waals surface area contributed by atoms with Crippen LogP contribution < -0.4 is 10.2 Å². The van der Waals surface area contributed by atoms with E-state index >= 15 is 0 Å². The Morgan fingerprint density at radius 3 is 2.48 bits per heavy atom. The van der Waals surface area contributed by atoms with E-state index in [1.54, 1.807) is 0 Å². The molecule has 5 heteroatoms. The molecular weight excluding hydrogens is 358 g/mol. The van der Waals surface area contributed by atoms with E-state index in [1.807, 2.05) is 30.1 Å². The molecule has 1 saturated heterocycles. The molecule has 1 fully saturated rings. The summed E-state index contributed by atoms with van der Waals surface area (Å²) in [6, 6.07) is 18.6. The topological polar surface area (TPSA) is 35.6 Å². The highest BCUT2D eigenvalue weighted by Gasteiger charge is 2.26. The van der Waals surface area contributed by atoms with Crippen molar-refractivity contribution in [1.29, 1.82) is 0 Å². The van der Waals surface area contributed by atoms with Crippen LogP contribution in [-0.4, -0.2) is 44.0 Å². The molecule has 1 atom stereocenters. The van der Waals surface area contributed by atoms with Crippen molar-refractivity contribution in [2.24, 2.45) is 5.92 Å². The van der Waals surface area contributed by atoms with Crippen molar-refractivity contribution in [2.75, 3.05) is 38.1 Å². The summed E-state index contributed by atoms with van der Waals surface area (Å²) in [7, 11) is 1.97. The normalized spacial score (nSPS) is 16.1. The van der Waals surface area contributed by atoms with Gasteiger partial charge in [-0.1, -0.05) is 30.3 Å². The molecule has 2 aromatic carbocycles. The van der Waals surface area contributed by atoms with Gasteiger partial charge in [-0.05, 0) is 62.7 Å². The van der Waals surface area contributed by atoms with E-state index in [-0.39, 0.29) is 18.3 Å². The first-order chi connectivity index (χ1) is 12.7. The molecule has 1 amide bonds. The number of benzene rings is 2. The second-order valence-corrected chi connectivity index (χ2v) is 7.01. The van der Waals surface area contributed by atoms with E-state index in [0.717, 1.165) is 50.4 Å². The van der Waals surface area contributed by atoms with Crippen LogP contribution in [0.1, 0.15) is 29.3 Å². The van der Waals surface area contributed by atoms with Crippen molar-refractivity contribution in [3.8, 4) is 0 Å². The van der Waals surface area contributed by atoms with Gasteiger partial charge in [0, 0.05) is 37.4 Å². The highest BCUT2D eigenvalue weighted by Crippen LogP contribution is 2.21. The van der Waals surface area contributed by atoms with Gasteiger partial charge < -0.3 is 15.1 Å². The lowest BCUT2D eigenvalue weighted by atomic mass is 10.1. The Morgan fingerprint density at radius 1 is 1.15 bits per heavy atom. The maximum absolute atomic E-state index is 12.7. The molecule has 0 aliphatic carbocycles. The van der Waals surface area contributed by atoms with Crippen molar-refractivity contribution in [3.63, 3.8) is 0 Å². The van der Waals surface area contributed by atoms with Gasteiger partial charge in [0.15, 0.2) is 0 Å². The number of nitrogens with one attached hydrogen (secondary N) is 1. The van der Waals surface area contributed by atoms with Gasteiger partial charge in [-0.15, -0.1) is 12.4 Å². The summed E-state index contributed by atoms with van der Waals surface area (Å²) in [6.45, 7) is 6.67. The number of rotatable bonds is 7. The van der Waals surface area contributed by atoms with Crippen LogP contribution in [0.25, 0.3) is 0 Å². The minimum Gasteiger partial charge on any atom is -0.367 e. The minimum atomic E-state index is 0. The molecule has 27 heavy (non-hydrogen) atoms. The number of carbonyl (C=O) groups is 1. The number of likely N-dealkylation sites (tertiary alicyclic amines) is 1. The summed E-state index contributed by atoms with van der Waals surface area (Å²) in [6.07, 6.45) is 1.09. The molecule has 4 nitrogen and oxygen atoms in total. The Kier molecular flexibility index (Phi) is 8.14. The Bertz CT molecular complexity index is 705. The van der Waals surface area contributed by atoms with Crippen LogP contribution in [0.15, 0.2) is 54.6 Å². The second-order valence-electron chi connectivity index (χ2n) is 7.01. The highest BCUT2D eigenvalue weighted by molar-refractivity contribution is 5.94. The van der Waals surface area contributed by atoms with Crippen molar-refractivity contribution >= 4 is 24.0 Å². The SMILES string of the molecule is CCN(Cc1ccccc1)c1ccc(C(=O)N2CCC(CNC)C2)cc1.Cl. The Hall–Kier alpha value is -2.04.